The lowest BCUT2D eigenvalue weighted by molar-refractivity contribution is 0.0669. The molecule has 1 aliphatic rings. The molecule has 144 valence electrons. The molecule has 1 fully saturated rings. The highest BCUT2D eigenvalue weighted by atomic mass is 16.4. The Balaban J connectivity index is 1.65. The topological polar surface area (TPSA) is 75.4 Å². The monoisotopic (exact) mass is 369 g/mol. The van der Waals surface area contributed by atoms with Crippen molar-refractivity contribution in [3.05, 3.63) is 52.8 Å². The number of aromatic carboxylic acids is 1. The molecule has 3 rings (SSSR count). The number of carboxylic acids is 1. The molecule has 0 bridgehead atoms. The Morgan fingerprint density at radius 3 is 2.67 bits per heavy atom. The zero-order valence-corrected chi connectivity index (χ0v) is 16.0. The minimum atomic E-state index is -0.907. The van der Waals surface area contributed by atoms with Crippen LogP contribution in [0.25, 0.3) is 0 Å². The molecule has 1 N–H and O–H groups in total. The molecule has 0 spiro atoms. The van der Waals surface area contributed by atoms with Gasteiger partial charge in [-0.1, -0.05) is 19.1 Å². The Morgan fingerprint density at radius 2 is 2.00 bits per heavy atom. The van der Waals surface area contributed by atoms with Gasteiger partial charge in [-0.2, -0.15) is 5.10 Å². The maximum Gasteiger partial charge on any atom is 0.335 e. The second-order valence-electron chi connectivity index (χ2n) is 7.33. The van der Waals surface area contributed by atoms with Gasteiger partial charge in [-0.25, -0.2) is 4.79 Å². The summed E-state index contributed by atoms with van der Waals surface area (Å²) in [6.45, 7) is 6.40. The van der Waals surface area contributed by atoms with Crippen LogP contribution in [0.5, 0.6) is 0 Å². The molecule has 1 atom stereocenters. The second-order valence-corrected chi connectivity index (χ2v) is 7.33. The zero-order chi connectivity index (χ0) is 19.4. The van der Waals surface area contributed by atoms with Crippen LogP contribution >= 0.6 is 0 Å². The number of carbonyl (C=O) groups excluding carboxylic acids is 1. The fourth-order valence-electron chi connectivity index (χ4n) is 3.80. The summed E-state index contributed by atoms with van der Waals surface area (Å²) < 4.78 is 1.90. The molecular weight excluding hydrogens is 342 g/mol. The predicted octanol–water partition coefficient (Wildman–Crippen LogP) is 3.39. The van der Waals surface area contributed by atoms with Gasteiger partial charge in [0, 0.05) is 25.3 Å². The van der Waals surface area contributed by atoms with Crippen molar-refractivity contribution < 1.29 is 14.7 Å². The van der Waals surface area contributed by atoms with E-state index in [4.69, 9.17) is 5.11 Å². The van der Waals surface area contributed by atoms with Crippen molar-refractivity contribution in [3.8, 4) is 0 Å². The molecule has 2 aromatic rings. The van der Waals surface area contributed by atoms with Crippen LogP contribution in [0.2, 0.25) is 0 Å². The number of piperidine rings is 1. The third kappa shape index (κ3) is 4.38. The molecule has 1 aromatic carbocycles. The van der Waals surface area contributed by atoms with Gasteiger partial charge in [0.05, 0.1) is 17.3 Å². The van der Waals surface area contributed by atoms with Crippen LogP contribution in [0.3, 0.4) is 0 Å². The maximum absolute atomic E-state index is 13.0. The van der Waals surface area contributed by atoms with E-state index in [1.165, 1.54) is 0 Å². The minimum absolute atomic E-state index is 0.0702. The molecule has 27 heavy (non-hydrogen) atoms. The molecule has 1 unspecified atom stereocenters. The van der Waals surface area contributed by atoms with Crippen LogP contribution in [0.4, 0.5) is 0 Å². The van der Waals surface area contributed by atoms with Gasteiger partial charge in [0.2, 0.25) is 0 Å². The zero-order valence-electron chi connectivity index (χ0n) is 16.0. The van der Waals surface area contributed by atoms with Gasteiger partial charge in [-0.15, -0.1) is 0 Å². The number of likely N-dealkylation sites (tertiary alicyclic amines) is 1. The number of benzene rings is 1. The van der Waals surface area contributed by atoms with E-state index in [0.29, 0.717) is 17.0 Å². The molecule has 6 nitrogen and oxygen atoms in total. The molecule has 2 heterocycles. The average molecular weight is 369 g/mol. The summed E-state index contributed by atoms with van der Waals surface area (Å²) in [5.74, 6) is -0.444. The lowest BCUT2D eigenvalue weighted by atomic mass is 9.90. The summed E-state index contributed by atoms with van der Waals surface area (Å²) in [6, 6.07) is 7.05. The van der Waals surface area contributed by atoms with E-state index in [0.717, 1.165) is 56.6 Å². The molecule has 1 aliphatic heterocycles. The third-order valence-electron chi connectivity index (χ3n) is 5.30. The Bertz CT molecular complexity index is 811. The van der Waals surface area contributed by atoms with Crippen molar-refractivity contribution in [2.24, 2.45) is 5.92 Å². The molecular formula is C21H27N3O3. The van der Waals surface area contributed by atoms with Gasteiger partial charge in [0.1, 0.15) is 0 Å². The first kappa shape index (κ1) is 19.1. The van der Waals surface area contributed by atoms with Crippen molar-refractivity contribution in [2.45, 2.75) is 46.1 Å². The second kappa shape index (κ2) is 8.37. The number of hydrogen-bond donors (Lipinski definition) is 1. The normalized spacial score (nSPS) is 17.1. The van der Waals surface area contributed by atoms with E-state index in [-0.39, 0.29) is 5.91 Å². The van der Waals surface area contributed by atoms with Gasteiger partial charge >= 0.3 is 5.97 Å². The third-order valence-corrected chi connectivity index (χ3v) is 5.30. The smallest absolute Gasteiger partial charge is 0.335 e. The van der Waals surface area contributed by atoms with Crippen molar-refractivity contribution in [2.75, 3.05) is 13.1 Å². The van der Waals surface area contributed by atoms with Gasteiger partial charge < -0.3 is 10.0 Å². The van der Waals surface area contributed by atoms with Gasteiger partial charge in [0.25, 0.3) is 5.91 Å². The van der Waals surface area contributed by atoms with Crippen LogP contribution < -0.4 is 0 Å². The largest absolute Gasteiger partial charge is 0.478 e. The SMILES string of the molecule is CCCn1ncc(C(=O)N2CCCC(Cc3ccc(C(=O)O)cc3)C2)c1C. The number of aryl methyl sites for hydroxylation is 1. The van der Waals surface area contributed by atoms with Gasteiger partial charge in [0.15, 0.2) is 0 Å². The Morgan fingerprint density at radius 1 is 1.26 bits per heavy atom. The van der Waals surface area contributed by atoms with Gasteiger partial charge in [-0.3, -0.25) is 9.48 Å². The lowest BCUT2D eigenvalue weighted by Crippen LogP contribution is -2.40. The maximum atomic E-state index is 13.0. The molecule has 0 radical (unpaired) electrons. The van der Waals surface area contributed by atoms with E-state index in [2.05, 4.69) is 12.0 Å². The quantitative estimate of drug-likeness (QED) is 0.847. The first-order chi connectivity index (χ1) is 13.0. The minimum Gasteiger partial charge on any atom is -0.478 e. The number of aromatic nitrogens is 2. The van der Waals surface area contributed by atoms with Crippen molar-refractivity contribution in [1.82, 2.24) is 14.7 Å². The van der Waals surface area contributed by atoms with Crippen LogP contribution in [-0.2, 0) is 13.0 Å². The Labute approximate surface area is 159 Å². The molecule has 0 saturated carbocycles. The standard InChI is InChI=1S/C21H27N3O3/c1-3-10-24-15(2)19(13-22-24)20(25)23-11-4-5-17(14-23)12-16-6-8-18(9-7-16)21(26)27/h6-9,13,17H,3-5,10-12,14H2,1-2H3,(H,26,27). The molecule has 1 amide bonds. The fraction of sp³-hybridized carbons (Fsp3) is 0.476. The first-order valence-electron chi connectivity index (χ1n) is 9.63. The number of amides is 1. The summed E-state index contributed by atoms with van der Waals surface area (Å²) in [5.41, 5.74) is 3.06. The van der Waals surface area contributed by atoms with Crippen LogP contribution in [0.1, 0.15) is 58.2 Å². The number of carbonyl (C=O) groups is 2. The summed E-state index contributed by atoms with van der Waals surface area (Å²) in [7, 11) is 0. The van der Waals surface area contributed by atoms with E-state index < -0.39 is 5.97 Å². The van der Waals surface area contributed by atoms with E-state index in [9.17, 15) is 9.59 Å². The number of carboxylic acid groups (broad SMARTS) is 1. The van der Waals surface area contributed by atoms with E-state index in [1.807, 2.05) is 28.6 Å². The molecule has 1 aromatic heterocycles. The highest BCUT2D eigenvalue weighted by Crippen LogP contribution is 2.23. The number of nitrogens with zero attached hydrogens (tertiary/aromatic N) is 3. The van der Waals surface area contributed by atoms with Gasteiger partial charge in [-0.05, 0) is 56.2 Å². The molecule has 1 saturated heterocycles. The van der Waals surface area contributed by atoms with Crippen LogP contribution in [-0.4, -0.2) is 44.8 Å². The summed E-state index contributed by atoms with van der Waals surface area (Å²) in [4.78, 5) is 25.9. The van der Waals surface area contributed by atoms with E-state index in [1.54, 1.807) is 18.3 Å². The van der Waals surface area contributed by atoms with Crippen molar-refractivity contribution in [3.63, 3.8) is 0 Å². The number of hydrogen-bond acceptors (Lipinski definition) is 3. The summed E-state index contributed by atoms with van der Waals surface area (Å²) in [5, 5.41) is 13.4. The average Bonchev–Trinajstić information content (AvgIpc) is 3.03. The Kier molecular flexibility index (Phi) is 5.94. The molecule has 0 aliphatic carbocycles. The van der Waals surface area contributed by atoms with Crippen molar-refractivity contribution >= 4 is 11.9 Å². The fourth-order valence-corrected chi connectivity index (χ4v) is 3.80. The van der Waals surface area contributed by atoms with Crippen LogP contribution in [0.15, 0.2) is 30.5 Å². The van der Waals surface area contributed by atoms with Crippen LogP contribution in [0, 0.1) is 12.8 Å². The lowest BCUT2D eigenvalue weighted by Gasteiger charge is -2.33. The van der Waals surface area contributed by atoms with E-state index >= 15 is 0 Å². The first-order valence-corrected chi connectivity index (χ1v) is 9.63. The summed E-state index contributed by atoms with van der Waals surface area (Å²) in [6.07, 6.45) is 5.62. The number of rotatable bonds is 6. The highest BCUT2D eigenvalue weighted by Gasteiger charge is 2.26. The Hall–Kier alpha value is -2.63. The molecule has 6 heteroatoms. The predicted molar refractivity (Wildman–Crippen MR) is 103 cm³/mol. The summed E-state index contributed by atoms with van der Waals surface area (Å²) >= 11 is 0. The van der Waals surface area contributed by atoms with Crippen molar-refractivity contribution in [1.29, 1.82) is 0 Å². The highest BCUT2D eigenvalue weighted by molar-refractivity contribution is 5.95.